The fourth-order valence-corrected chi connectivity index (χ4v) is 4.01. The summed E-state index contributed by atoms with van der Waals surface area (Å²) in [6, 6.07) is 4.70. The number of likely N-dealkylation sites (N-methyl/N-ethyl adjacent to an activating group) is 1. The van der Waals surface area contributed by atoms with Gasteiger partial charge in [0, 0.05) is 64.9 Å². The van der Waals surface area contributed by atoms with Crippen molar-refractivity contribution in [3.63, 3.8) is 0 Å². The molecule has 154 valence electrons. The van der Waals surface area contributed by atoms with Gasteiger partial charge in [0.15, 0.2) is 5.96 Å². The second kappa shape index (κ2) is 13.1. The number of hydrogen-bond donors (Lipinski definition) is 2. The molecule has 1 aromatic rings. The highest BCUT2D eigenvalue weighted by molar-refractivity contribution is 7.10. The molecule has 1 fully saturated rings. The van der Waals surface area contributed by atoms with Gasteiger partial charge in [0.05, 0.1) is 19.3 Å². The molecule has 1 aromatic heterocycles. The summed E-state index contributed by atoms with van der Waals surface area (Å²) in [5.74, 6) is 0.857. The van der Waals surface area contributed by atoms with Crippen LogP contribution < -0.4 is 10.6 Å². The second-order valence-electron chi connectivity index (χ2n) is 6.71. The van der Waals surface area contributed by atoms with E-state index in [1.54, 1.807) is 7.11 Å². The molecule has 0 amide bonds. The van der Waals surface area contributed by atoms with Gasteiger partial charge in [-0.2, -0.15) is 0 Å². The molecule has 8 heteroatoms. The number of nitrogens with zero attached hydrogens (tertiary/aromatic N) is 3. The van der Waals surface area contributed by atoms with Crippen molar-refractivity contribution in [2.75, 3.05) is 80.3 Å². The van der Waals surface area contributed by atoms with Gasteiger partial charge in [-0.05, 0) is 24.9 Å². The van der Waals surface area contributed by atoms with Gasteiger partial charge < -0.3 is 25.0 Å². The van der Waals surface area contributed by atoms with Crippen LogP contribution in [-0.2, 0) is 9.47 Å². The monoisotopic (exact) mass is 397 g/mol. The standard InChI is InChI=1S/C19H35N5O2S/c1-20-19(21-7-9-23(2)8-5-12-25-3)22-16-17(18-6-4-15-27-18)24-10-13-26-14-11-24/h4,6,15,17H,5,7-14,16H2,1-3H3,(H2,20,21,22). The number of hydrogen-bond acceptors (Lipinski definition) is 6. The smallest absolute Gasteiger partial charge is 0.191 e. The summed E-state index contributed by atoms with van der Waals surface area (Å²) in [4.78, 5) is 10.6. The maximum atomic E-state index is 5.52. The molecule has 1 atom stereocenters. The molecule has 1 saturated heterocycles. The molecule has 0 bridgehead atoms. The van der Waals surface area contributed by atoms with Gasteiger partial charge in [-0.1, -0.05) is 6.07 Å². The molecular formula is C19H35N5O2S. The van der Waals surface area contributed by atoms with Crippen molar-refractivity contribution in [1.82, 2.24) is 20.4 Å². The van der Waals surface area contributed by atoms with Crippen molar-refractivity contribution in [2.24, 2.45) is 4.99 Å². The first-order valence-electron chi connectivity index (χ1n) is 9.71. The van der Waals surface area contributed by atoms with Crippen LogP contribution in [0, 0.1) is 0 Å². The van der Waals surface area contributed by atoms with E-state index in [1.807, 2.05) is 18.4 Å². The number of morpholine rings is 1. The fourth-order valence-electron chi connectivity index (χ4n) is 3.15. The molecule has 0 aromatic carbocycles. The maximum absolute atomic E-state index is 5.52. The van der Waals surface area contributed by atoms with E-state index in [-0.39, 0.29) is 0 Å². The van der Waals surface area contributed by atoms with Crippen molar-refractivity contribution < 1.29 is 9.47 Å². The van der Waals surface area contributed by atoms with E-state index in [0.717, 1.165) is 71.5 Å². The fraction of sp³-hybridized carbons (Fsp3) is 0.737. The van der Waals surface area contributed by atoms with Crippen molar-refractivity contribution >= 4 is 17.3 Å². The number of nitrogens with one attached hydrogen (secondary N) is 2. The zero-order chi connectivity index (χ0) is 19.3. The minimum atomic E-state index is 0.351. The number of ether oxygens (including phenoxy) is 2. The molecule has 2 rings (SSSR count). The molecule has 1 aliphatic heterocycles. The zero-order valence-corrected chi connectivity index (χ0v) is 17.8. The highest BCUT2D eigenvalue weighted by Crippen LogP contribution is 2.25. The number of rotatable bonds is 11. The minimum Gasteiger partial charge on any atom is -0.385 e. The van der Waals surface area contributed by atoms with Crippen molar-refractivity contribution in [3.05, 3.63) is 22.4 Å². The number of aliphatic imine (C=N–C) groups is 1. The molecule has 1 unspecified atom stereocenters. The van der Waals surface area contributed by atoms with Crippen LogP contribution in [0.3, 0.4) is 0 Å². The summed E-state index contributed by atoms with van der Waals surface area (Å²) in [5, 5.41) is 9.07. The summed E-state index contributed by atoms with van der Waals surface area (Å²) >= 11 is 1.82. The molecule has 1 aliphatic rings. The first-order chi connectivity index (χ1) is 13.2. The number of thiophene rings is 1. The molecule has 2 heterocycles. The summed E-state index contributed by atoms with van der Waals surface area (Å²) in [6.45, 7) is 8.10. The Morgan fingerprint density at radius 3 is 2.85 bits per heavy atom. The van der Waals surface area contributed by atoms with E-state index in [1.165, 1.54) is 4.88 Å². The molecule has 0 radical (unpaired) electrons. The van der Waals surface area contributed by atoms with E-state index in [0.29, 0.717) is 6.04 Å². The maximum Gasteiger partial charge on any atom is 0.191 e. The zero-order valence-electron chi connectivity index (χ0n) is 16.9. The molecule has 0 aliphatic carbocycles. The Morgan fingerprint density at radius 1 is 1.37 bits per heavy atom. The van der Waals surface area contributed by atoms with Crippen LogP contribution in [0.5, 0.6) is 0 Å². The largest absolute Gasteiger partial charge is 0.385 e. The third-order valence-corrected chi connectivity index (χ3v) is 5.69. The Morgan fingerprint density at radius 2 is 2.19 bits per heavy atom. The highest BCUT2D eigenvalue weighted by atomic mass is 32.1. The van der Waals surface area contributed by atoms with Gasteiger partial charge in [-0.3, -0.25) is 9.89 Å². The van der Waals surface area contributed by atoms with Crippen LogP contribution in [0.2, 0.25) is 0 Å². The normalized spacial score (nSPS) is 17.3. The SMILES string of the molecule is CN=C(NCCN(C)CCCOC)NCC(c1cccs1)N1CCOCC1. The lowest BCUT2D eigenvalue weighted by Crippen LogP contribution is -2.47. The predicted octanol–water partition coefficient (Wildman–Crippen LogP) is 1.25. The molecule has 0 saturated carbocycles. The van der Waals surface area contributed by atoms with Crippen molar-refractivity contribution in [1.29, 1.82) is 0 Å². The number of methoxy groups -OCH3 is 1. The van der Waals surface area contributed by atoms with E-state index >= 15 is 0 Å². The molecular weight excluding hydrogens is 362 g/mol. The lowest BCUT2D eigenvalue weighted by molar-refractivity contribution is 0.0177. The van der Waals surface area contributed by atoms with Crippen molar-refractivity contribution in [3.8, 4) is 0 Å². The van der Waals surface area contributed by atoms with Gasteiger partial charge in [0.1, 0.15) is 0 Å². The third-order valence-electron chi connectivity index (χ3n) is 4.72. The van der Waals surface area contributed by atoms with Gasteiger partial charge in [0.25, 0.3) is 0 Å². The minimum absolute atomic E-state index is 0.351. The Hall–Kier alpha value is -1.19. The van der Waals surface area contributed by atoms with Gasteiger partial charge in [0.2, 0.25) is 0 Å². The Kier molecular flexibility index (Phi) is 10.7. The van der Waals surface area contributed by atoms with E-state index < -0.39 is 0 Å². The predicted molar refractivity (Wildman–Crippen MR) is 113 cm³/mol. The van der Waals surface area contributed by atoms with E-state index in [4.69, 9.17) is 9.47 Å². The lowest BCUT2D eigenvalue weighted by atomic mass is 10.2. The van der Waals surface area contributed by atoms with Crippen LogP contribution in [-0.4, -0.2) is 96.1 Å². The Labute approximate surface area is 167 Å². The lowest BCUT2D eigenvalue weighted by Gasteiger charge is -2.34. The van der Waals surface area contributed by atoms with Crippen LogP contribution in [0.4, 0.5) is 0 Å². The summed E-state index contributed by atoms with van der Waals surface area (Å²) in [5.41, 5.74) is 0. The Balaban J connectivity index is 1.76. The average molecular weight is 398 g/mol. The molecule has 27 heavy (non-hydrogen) atoms. The van der Waals surface area contributed by atoms with E-state index in [2.05, 4.69) is 50.0 Å². The summed E-state index contributed by atoms with van der Waals surface area (Å²) in [7, 11) is 5.71. The van der Waals surface area contributed by atoms with Crippen LogP contribution in [0.1, 0.15) is 17.3 Å². The van der Waals surface area contributed by atoms with Gasteiger partial charge >= 0.3 is 0 Å². The summed E-state index contributed by atoms with van der Waals surface area (Å²) < 4.78 is 10.6. The van der Waals surface area contributed by atoms with Crippen LogP contribution in [0.25, 0.3) is 0 Å². The highest BCUT2D eigenvalue weighted by Gasteiger charge is 2.23. The quantitative estimate of drug-likeness (QED) is 0.333. The average Bonchev–Trinajstić information content (AvgIpc) is 3.22. The number of guanidine groups is 1. The molecule has 0 spiro atoms. The van der Waals surface area contributed by atoms with Crippen LogP contribution >= 0.6 is 11.3 Å². The van der Waals surface area contributed by atoms with E-state index in [9.17, 15) is 0 Å². The second-order valence-corrected chi connectivity index (χ2v) is 7.69. The first-order valence-corrected chi connectivity index (χ1v) is 10.6. The van der Waals surface area contributed by atoms with Crippen LogP contribution in [0.15, 0.2) is 22.5 Å². The third kappa shape index (κ3) is 8.15. The van der Waals surface area contributed by atoms with Crippen molar-refractivity contribution in [2.45, 2.75) is 12.5 Å². The van der Waals surface area contributed by atoms with Gasteiger partial charge in [-0.15, -0.1) is 11.3 Å². The summed E-state index contributed by atoms with van der Waals surface area (Å²) in [6.07, 6.45) is 1.06. The van der Waals surface area contributed by atoms with Gasteiger partial charge in [-0.25, -0.2) is 0 Å². The first kappa shape index (κ1) is 22.1. The molecule has 7 nitrogen and oxygen atoms in total. The topological polar surface area (TPSA) is 61.4 Å². The molecule has 2 N–H and O–H groups in total. The Bertz CT molecular complexity index is 520.